The van der Waals surface area contributed by atoms with Crippen LogP contribution in [-0.4, -0.2) is 41.1 Å². The summed E-state index contributed by atoms with van der Waals surface area (Å²) in [7, 11) is 2.63. The number of benzene rings is 3. The lowest BCUT2D eigenvalue weighted by atomic mass is 10.1. The fraction of sp³-hybridized carbons (Fsp3) is 0.148. The van der Waals surface area contributed by atoms with Gasteiger partial charge >= 0.3 is 11.9 Å². The van der Waals surface area contributed by atoms with E-state index in [1.165, 1.54) is 14.2 Å². The minimum atomic E-state index is -0.504. The molecule has 0 radical (unpaired) electrons. The summed E-state index contributed by atoms with van der Waals surface area (Å²) in [5, 5.41) is 9.38. The summed E-state index contributed by atoms with van der Waals surface area (Å²) in [5.41, 5.74) is 4.51. The molecule has 3 N–H and O–H groups in total. The molecular formula is C27H26N6O4. The quantitative estimate of drug-likeness (QED) is 0.276. The van der Waals surface area contributed by atoms with Gasteiger partial charge in [-0.1, -0.05) is 42.0 Å². The normalized spacial score (nSPS) is 10.4. The Kier molecular flexibility index (Phi) is 7.58. The van der Waals surface area contributed by atoms with Gasteiger partial charge in [0.1, 0.15) is 0 Å². The highest BCUT2D eigenvalue weighted by molar-refractivity contribution is 5.97. The Balaban J connectivity index is 1.75. The van der Waals surface area contributed by atoms with Crippen LogP contribution in [0.5, 0.6) is 0 Å². The van der Waals surface area contributed by atoms with Crippen LogP contribution in [0, 0.1) is 13.8 Å². The average Bonchev–Trinajstić information content (AvgIpc) is 2.90. The molecule has 1 heterocycles. The minimum Gasteiger partial charge on any atom is -0.465 e. The summed E-state index contributed by atoms with van der Waals surface area (Å²) in [6.07, 6.45) is 0. The largest absolute Gasteiger partial charge is 0.465 e. The Morgan fingerprint density at radius 1 is 0.622 bits per heavy atom. The van der Waals surface area contributed by atoms with Gasteiger partial charge in [0, 0.05) is 5.69 Å². The lowest BCUT2D eigenvalue weighted by molar-refractivity contribution is 0.0593. The van der Waals surface area contributed by atoms with E-state index in [1.807, 2.05) is 32.0 Å². The van der Waals surface area contributed by atoms with Crippen molar-refractivity contribution in [3.63, 3.8) is 0 Å². The van der Waals surface area contributed by atoms with Crippen molar-refractivity contribution in [3.8, 4) is 0 Å². The van der Waals surface area contributed by atoms with Gasteiger partial charge in [-0.25, -0.2) is 9.59 Å². The number of anilines is 6. The van der Waals surface area contributed by atoms with Gasteiger partial charge in [0.25, 0.3) is 0 Å². The van der Waals surface area contributed by atoms with E-state index < -0.39 is 11.9 Å². The zero-order valence-corrected chi connectivity index (χ0v) is 20.8. The number of para-hydroxylation sites is 2. The second-order valence-electron chi connectivity index (χ2n) is 8.07. The van der Waals surface area contributed by atoms with Crippen molar-refractivity contribution in [2.45, 2.75) is 13.8 Å². The molecule has 0 spiro atoms. The number of hydrogen-bond acceptors (Lipinski definition) is 10. The predicted octanol–water partition coefficient (Wildman–Crippen LogP) is 5.29. The summed E-state index contributed by atoms with van der Waals surface area (Å²) in [4.78, 5) is 38.0. The van der Waals surface area contributed by atoms with Crippen LogP contribution in [-0.2, 0) is 9.47 Å². The van der Waals surface area contributed by atoms with Gasteiger partial charge in [-0.3, -0.25) is 0 Å². The van der Waals surface area contributed by atoms with E-state index in [9.17, 15) is 9.59 Å². The van der Waals surface area contributed by atoms with Gasteiger partial charge in [0.2, 0.25) is 17.8 Å². The van der Waals surface area contributed by atoms with Crippen LogP contribution in [0.3, 0.4) is 0 Å². The van der Waals surface area contributed by atoms with Crippen molar-refractivity contribution in [2.75, 3.05) is 30.2 Å². The molecule has 0 bridgehead atoms. The first-order valence-corrected chi connectivity index (χ1v) is 11.4. The lowest BCUT2D eigenvalue weighted by Gasteiger charge is -2.15. The van der Waals surface area contributed by atoms with Gasteiger partial charge in [-0.05, 0) is 49.7 Å². The van der Waals surface area contributed by atoms with E-state index in [0.717, 1.165) is 16.8 Å². The van der Waals surface area contributed by atoms with Crippen molar-refractivity contribution < 1.29 is 19.1 Å². The highest BCUT2D eigenvalue weighted by atomic mass is 16.5. The predicted molar refractivity (Wildman–Crippen MR) is 141 cm³/mol. The molecular weight excluding hydrogens is 472 g/mol. The van der Waals surface area contributed by atoms with Crippen LogP contribution >= 0.6 is 0 Å². The monoisotopic (exact) mass is 498 g/mol. The maximum Gasteiger partial charge on any atom is 0.339 e. The van der Waals surface area contributed by atoms with E-state index in [2.05, 4.69) is 30.9 Å². The average molecular weight is 499 g/mol. The molecule has 0 aliphatic carbocycles. The fourth-order valence-electron chi connectivity index (χ4n) is 3.62. The molecule has 0 atom stereocenters. The Hall–Kier alpha value is -4.99. The molecule has 10 heteroatoms. The maximum atomic E-state index is 12.3. The number of esters is 2. The number of methoxy groups -OCH3 is 2. The number of rotatable bonds is 8. The van der Waals surface area contributed by atoms with Crippen molar-refractivity contribution in [3.05, 3.63) is 89.0 Å². The van der Waals surface area contributed by atoms with Gasteiger partial charge in [-0.15, -0.1) is 0 Å². The molecule has 0 aliphatic heterocycles. The smallest absolute Gasteiger partial charge is 0.339 e. The number of hydrogen-bond donors (Lipinski definition) is 3. The van der Waals surface area contributed by atoms with Crippen LogP contribution in [0.1, 0.15) is 31.8 Å². The summed E-state index contributed by atoms with van der Waals surface area (Å²) >= 11 is 0. The number of nitrogens with zero attached hydrogens (tertiary/aromatic N) is 3. The molecule has 0 aliphatic rings. The van der Waals surface area contributed by atoms with E-state index in [4.69, 9.17) is 9.47 Å². The SMILES string of the molecule is COC(=O)c1ccccc1Nc1nc(Nc2ccc(C)cc2C)nc(Nc2ccccc2C(=O)OC)n1. The first kappa shape index (κ1) is 25.1. The molecule has 0 saturated heterocycles. The fourth-order valence-corrected chi connectivity index (χ4v) is 3.62. The summed E-state index contributed by atoms with van der Waals surface area (Å²) in [6.45, 7) is 4.00. The molecule has 0 saturated carbocycles. The Morgan fingerprint density at radius 2 is 1.05 bits per heavy atom. The number of carbonyl (C=O) groups is 2. The van der Waals surface area contributed by atoms with Crippen LogP contribution in [0.2, 0.25) is 0 Å². The molecule has 4 rings (SSSR count). The first-order valence-electron chi connectivity index (χ1n) is 11.4. The third-order valence-corrected chi connectivity index (χ3v) is 5.42. The van der Waals surface area contributed by atoms with E-state index in [1.54, 1.807) is 48.5 Å². The summed E-state index contributed by atoms with van der Waals surface area (Å²) < 4.78 is 9.78. The number of nitrogens with one attached hydrogen (secondary N) is 3. The molecule has 0 unspecified atom stereocenters. The van der Waals surface area contributed by atoms with E-state index >= 15 is 0 Å². The van der Waals surface area contributed by atoms with Crippen LogP contribution in [0.4, 0.5) is 34.9 Å². The number of aryl methyl sites for hydroxylation is 2. The van der Waals surface area contributed by atoms with E-state index in [-0.39, 0.29) is 17.8 Å². The highest BCUT2D eigenvalue weighted by Gasteiger charge is 2.16. The standard InChI is InChI=1S/C27H26N6O4/c1-16-13-14-20(17(2)15-16)28-25-31-26(29-21-11-7-5-9-18(21)23(34)36-3)33-27(32-25)30-22-12-8-6-10-19(22)24(35)37-4/h5-15H,1-4H3,(H3,28,29,30,31,32,33). The van der Waals surface area contributed by atoms with Gasteiger partial charge in [-0.2, -0.15) is 15.0 Å². The van der Waals surface area contributed by atoms with Crippen LogP contribution in [0.15, 0.2) is 66.7 Å². The topological polar surface area (TPSA) is 127 Å². The Morgan fingerprint density at radius 3 is 1.49 bits per heavy atom. The zero-order valence-electron chi connectivity index (χ0n) is 20.8. The summed E-state index contributed by atoms with van der Waals surface area (Å²) in [6, 6.07) is 19.7. The Bertz CT molecular complexity index is 1380. The number of carbonyl (C=O) groups excluding carboxylic acids is 2. The molecule has 37 heavy (non-hydrogen) atoms. The van der Waals surface area contributed by atoms with Crippen LogP contribution < -0.4 is 16.0 Å². The van der Waals surface area contributed by atoms with Crippen LogP contribution in [0.25, 0.3) is 0 Å². The van der Waals surface area contributed by atoms with Crippen molar-refractivity contribution in [2.24, 2.45) is 0 Å². The third-order valence-electron chi connectivity index (χ3n) is 5.42. The Labute approximate surface area is 214 Å². The lowest BCUT2D eigenvalue weighted by Crippen LogP contribution is -2.11. The van der Waals surface area contributed by atoms with Gasteiger partial charge < -0.3 is 25.4 Å². The van der Waals surface area contributed by atoms with E-state index in [0.29, 0.717) is 22.5 Å². The molecule has 188 valence electrons. The minimum absolute atomic E-state index is 0.164. The molecule has 1 aromatic heterocycles. The van der Waals surface area contributed by atoms with Crippen molar-refractivity contribution >= 4 is 46.8 Å². The van der Waals surface area contributed by atoms with Crippen molar-refractivity contribution in [1.82, 2.24) is 15.0 Å². The molecule has 0 amide bonds. The third kappa shape index (κ3) is 5.99. The van der Waals surface area contributed by atoms with Gasteiger partial charge in [0.15, 0.2) is 0 Å². The first-order chi connectivity index (χ1) is 17.9. The molecule has 0 fully saturated rings. The molecule has 3 aromatic carbocycles. The summed E-state index contributed by atoms with van der Waals surface area (Å²) in [5.74, 6) is -0.432. The second kappa shape index (κ2) is 11.2. The number of aromatic nitrogens is 3. The molecule has 4 aromatic rings. The maximum absolute atomic E-state index is 12.3. The number of ether oxygens (including phenoxy) is 2. The second-order valence-corrected chi connectivity index (χ2v) is 8.07. The highest BCUT2D eigenvalue weighted by Crippen LogP contribution is 2.26. The van der Waals surface area contributed by atoms with Gasteiger partial charge in [0.05, 0.1) is 36.7 Å². The zero-order chi connectivity index (χ0) is 26.4. The van der Waals surface area contributed by atoms with Crippen molar-refractivity contribution in [1.29, 1.82) is 0 Å². The molecule has 10 nitrogen and oxygen atoms in total.